The van der Waals surface area contributed by atoms with Crippen LogP contribution in [0.3, 0.4) is 0 Å². The maximum absolute atomic E-state index is 11.9. The number of nitrogens with one attached hydrogen (secondary N) is 1. The fourth-order valence-corrected chi connectivity index (χ4v) is 1.57. The molecule has 0 aliphatic heterocycles. The molecule has 1 aromatic heterocycles. The molecule has 0 fully saturated rings. The van der Waals surface area contributed by atoms with Crippen molar-refractivity contribution in [3.8, 4) is 0 Å². The van der Waals surface area contributed by atoms with E-state index in [9.17, 15) is 9.59 Å². The first-order valence-corrected chi connectivity index (χ1v) is 5.68. The second-order valence-corrected chi connectivity index (χ2v) is 3.89. The van der Waals surface area contributed by atoms with Gasteiger partial charge in [-0.2, -0.15) is 0 Å². The van der Waals surface area contributed by atoms with Crippen molar-refractivity contribution in [3.05, 3.63) is 65.5 Å². The largest absolute Gasteiger partial charge is 0.478 e. The average Bonchev–Trinajstić information content (AvgIpc) is 2.46. The predicted molar refractivity (Wildman–Crippen MR) is 72.4 cm³/mol. The first-order valence-electron chi connectivity index (χ1n) is 5.68. The number of aromatic nitrogens is 1. The van der Waals surface area contributed by atoms with E-state index in [4.69, 9.17) is 5.11 Å². The third-order valence-corrected chi connectivity index (χ3v) is 2.53. The summed E-state index contributed by atoms with van der Waals surface area (Å²) in [5, 5.41) is 11.5. The van der Waals surface area contributed by atoms with E-state index in [1.165, 1.54) is 12.1 Å². The van der Waals surface area contributed by atoms with Gasteiger partial charge in [0.1, 0.15) is 0 Å². The van der Waals surface area contributed by atoms with Gasteiger partial charge in [0, 0.05) is 11.8 Å². The van der Waals surface area contributed by atoms with Crippen LogP contribution in [0.1, 0.15) is 26.4 Å². The summed E-state index contributed by atoms with van der Waals surface area (Å²) in [7, 11) is 0. The highest BCUT2D eigenvalue weighted by molar-refractivity contribution is 5.97. The van der Waals surface area contributed by atoms with Crippen molar-refractivity contribution in [1.29, 1.82) is 0 Å². The molecule has 6 nitrogen and oxygen atoms in total. The summed E-state index contributed by atoms with van der Waals surface area (Å²) in [4.78, 5) is 26.8. The summed E-state index contributed by atoms with van der Waals surface area (Å²) in [6, 6.07) is 11.3. The molecule has 0 aliphatic rings. The highest BCUT2D eigenvalue weighted by Gasteiger charge is 2.09. The van der Waals surface area contributed by atoms with Crippen molar-refractivity contribution in [2.24, 2.45) is 0 Å². The van der Waals surface area contributed by atoms with Gasteiger partial charge in [-0.1, -0.05) is 12.1 Å². The zero-order chi connectivity index (χ0) is 13.7. The van der Waals surface area contributed by atoms with Gasteiger partial charge in [0.25, 0.3) is 5.91 Å². The number of carbonyl (C=O) groups is 2. The SMILES string of the molecule is O.O=C(O)c1cccc(C(=O)NCc2ccccn2)c1. The molecule has 0 saturated heterocycles. The Morgan fingerprint density at radius 1 is 1.10 bits per heavy atom. The van der Waals surface area contributed by atoms with Crippen LogP contribution in [-0.2, 0) is 6.54 Å². The number of carbonyl (C=O) groups excluding carboxylic acids is 1. The number of carboxylic acids is 1. The first kappa shape index (κ1) is 15.3. The lowest BCUT2D eigenvalue weighted by Crippen LogP contribution is -2.23. The number of pyridine rings is 1. The maximum atomic E-state index is 11.9. The van der Waals surface area contributed by atoms with E-state index in [0.29, 0.717) is 12.1 Å². The number of rotatable bonds is 4. The molecule has 20 heavy (non-hydrogen) atoms. The van der Waals surface area contributed by atoms with Crippen LogP contribution in [0.25, 0.3) is 0 Å². The molecular formula is C14H14N2O4. The fourth-order valence-electron chi connectivity index (χ4n) is 1.57. The molecule has 104 valence electrons. The van der Waals surface area contributed by atoms with Crippen molar-refractivity contribution in [2.45, 2.75) is 6.54 Å². The molecule has 1 heterocycles. The van der Waals surface area contributed by atoms with Crippen LogP contribution in [0.4, 0.5) is 0 Å². The minimum atomic E-state index is -1.06. The summed E-state index contributed by atoms with van der Waals surface area (Å²) >= 11 is 0. The van der Waals surface area contributed by atoms with E-state index in [0.717, 1.165) is 5.69 Å². The van der Waals surface area contributed by atoms with E-state index in [1.807, 2.05) is 6.07 Å². The minimum Gasteiger partial charge on any atom is -0.478 e. The molecule has 0 saturated carbocycles. The van der Waals surface area contributed by atoms with E-state index in [-0.39, 0.29) is 16.9 Å². The van der Waals surface area contributed by atoms with Gasteiger partial charge in [-0.05, 0) is 30.3 Å². The Hall–Kier alpha value is -2.73. The third-order valence-electron chi connectivity index (χ3n) is 2.53. The molecule has 4 N–H and O–H groups in total. The first-order chi connectivity index (χ1) is 9.16. The molecule has 1 amide bonds. The van der Waals surface area contributed by atoms with Crippen molar-refractivity contribution in [1.82, 2.24) is 10.3 Å². The lowest BCUT2D eigenvalue weighted by Gasteiger charge is -2.05. The van der Waals surface area contributed by atoms with Crippen molar-refractivity contribution in [2.75, 3.05) is 0 Å². The second-order valence-electron chi connectivity index (χ2n) is 3.89. The number of hydrogen-bond acceptors (Lipinski definition) is 3. The smallest absolute Gasteiger partial charge is 0.335 e. The van der Waals surface area contributed by atoms with Crippen molar-refractivity contribution in [3.63, 3.8) is 0 Å². The van der Waals surface area contributed by atoms with Crippen LogP contribution in [0.15, 0.2) is 48.7 Å². The predicted octanol–water partition coefficient (Wildman–Crippen LogP) is 0.885. The average molecular weight is 274 g/mol. The number of nitrogens with zero attached hydrogens (tertiary/aromatic N) is 1. The number of benzene rings is 1. The molecule has 0 atom stereocenters. The molecule has 0 spiro atoms. The Morgan fingerprint density at radius 2 is 1.85 bits per heavy atom. The minimum absolute atomic E-state index is 0. The van der Waals surface area contributed by atoms with E-state index >= 15 is 0 Å². The molecule has 2 aromatic rings. The Morgan fingerprint density at radius 3 is 2.50 bits per heavy atom. The van der Waals surface area contributed by atoms with Crippen LogP contribution in [0.5, 0.6) is 0 Å². The Balaban J connectivity index is 0.00000200. The molecule has 0 aliphatic carbocycles. The maximum Gasteiger partial charge on any atom is 0.335 e. The van der Waals surface area contributed by atoms with Crippen LogP contribution < -0.4 is 5.32 Å². The summed E-state index contributed by atoms with van der Waals surface area (Å²) < 4.78 is 0. The monoisotopic (exact) mass is 274 g/mol. The summed E-state index contributed by atoms with van der Waals surface area (Å²) in [6.07, 6.45) is 1.65. The van der Waals surface area contributed by atoms with E-state index in [2.05, 4.69) is 10.3 Å². The van der Waals surface area contributed by atoms with Crippen molar-refractivity contribution < 1.29 is 20.2 Å². The normalized spacial score (nSPS) is 9.40. The van der Waals surface area contributed by atoms with Crippen LogP contribution >= 0.6 is 0 Å². The molecular weight excluding hydrogens is 260 g/mol. The topological polar surface area (TPSA) is 111 Å². The Bertz CT molecular complexity index is 599. The molecule has 0 unspecified atom stereocenters. The number of hydrogen-bond donors (Lipinski definition) is 2. The highest BCUT2D eigenvalue weighted by atomic mass is 16.4. The van der Waals surface area contributed by atoms with Gasteiger partial charge in [0.05, 0.1) is 17.8 Å². The second kappa shape index (κ2) is 7.01. The molecule has 1 aromatic carbocycles. The van der Waals surface area contributed by atoms with Gasteiger partial charge in [0.15, 0.2) is 0 Å². The Labute approximate surface area is 115 Å². The van der Waals surface area contributed by atoms with E-state index in [1.54, 1.807) is 30.5 Å². The third kappa shape index (κ3) is 3.89. The van der Waals surface area contributed by atoms with Gasteiger partial charge in [-0.3, -0.25) is 9.78 Å². The van der Waals surface area contributed by atoms with Crippen LogP contribution in [0.2, 0.25) is 0 Å². The van der Waals surface area contributed by atoms with E-state index < -0.39 is 5.97 Å². The highest BCUT2D eigenvalue weighted by Crippen LogP contribution is 2.05. The van der Waals surface area contributed by atoms with Crippen LogP contribution in [0, 0.1) is 0 Å². The van der Waals surface area contributed by atoms with Gasteiger partial charge >= 0.3 is 5.97 Å². The summed E-state index contributed by atoms with van der Waals surface area (Å²) in [6.45, 7) is 0.303. The fraction of sp³-hybridized carbons (Fsp3) is 0.0714. The van der Waals surface area contributed by atoms with Crippen LogP contribution in [-0.4, -0.2) is 27.4 Å². The number of amides is 1. The molecule has 6 heteroatoms. The zero-order valence-corrected chi connectivity index (χ0v) is 10.5. The lowest BCUT2D eigenvalue weighted by molar-refractivity contribution is 0.0697. The summed E-state index contributed by atoms with van der Waals surface area (Å²) in [5.41, 5.74) is 1.14. The molecule has 2 rings (SSSR count). The quantitative estimate of drug-likeness (QED) is 0.862. The Kier molecular flexibility index (Phi) is 5.37. The van der Waals surface area contributed by atoms with Crippen molar-refractivity contribution >= 4 is 11.9 Å². The van der Waals surface area contributed by atoms with Gasteiger partial charge < -0.3 is 15.9 Å². The zero-order valence-electron chi connectivity index (χ0n) is 10.5. The molecule has 0 bridgehead atoms. The lowest BCUT2D eigenvalue weighted by atomic mass is 10.1. The van der Waals surface area contributed by atoms with Gasteiger partial charge in [-0.15, -0.1) is 0 Å². The van der Waals surface area contributed by atoms with Gasteiger partial charge in [0.2, 0.25) is 0 Å². The number of carboxylic acid groups (broad SMARTS) is 1. The van der Waals surface area contributed by atoms with Gasteiger partial charge in [-0.25, -0.2) is 4.79 Å². The number of aromatic carboxylic acids is 1. The summed E-state index contributed by atoms with van der Waals surface area (Å²) in [5.74, 6) is -1.38. The molecule has 0 radical (unpaired) electrons. The standard InChI is InChI=1S/C14H12N2O3.H2O/c17-13(16-9-12-6-1-2-7-15-12)10-4-3-5-11(8-10)14(18)19;/h1-8H,9H2,(H,16,17)(H,18,19);1H2.